The summed E-state index contributed by atoms with van der Waals surface area (Å²) in [4.78, 5) is 13.8. The summed E-state index contributed by atoms with van der Waals surface area (Å²) >= 11 is 0. The molecule has 22 heavy (non-hydrogen) atoms. The zero-order chi connectivity index (χ0) is 15.2. The number of carbonyl (C=O) groups is 1. The zero-order valence-electron chi connectivity index (χ0n) is 13.2. The van der Waals surface area contributed by atoms with Crippen LogP contribution in [0.1, 0.15) is 48.0 Å². The molecule has 2 heterocycles. The van der Waals surface area contributed by atoms with Gasteiger partial charge in [0.1, 0.15) is 0 Å². The quantitative estimate of drug-likeness (QED) is 0.849. The summed E-state index contributed by atoms with van der Waals surface area (Å²) in [5, 5.41) is 3.55. The Morgan fingerprint density at radius 1 is 1.18 bits per heavy atom. The van der Waals surface area contributed by atoms with E-state index in [2.05, 4.69) is 22.3 Å². The van der Waals surface area contributed by atoms with Crippen LogP contribution in [0.5, 0.6) is 0 Å². The normalized spacial score (nSPS) is 20.7. The Morgan fingerprint density at radius 2 is 1.95 bits per heavy atom. The number of ether oxygens (including phenoxy) is 1. The number of hydrogen-bond donors (Lipinski definition) is 1. The van der Waals surface area contributed by atoms with Gasteiger partial charge in [0.25, 0.3) is 0 Å². The minimum absolute atomic E-state index is 0.415. The molecule has 0 amide bonds. The van der Waals surface area contributed by atoms with Gasteiger partial charge in [-0.05, 0) is 56.5 Å². The van der Waals surface area contributed by atoms with Crippen molar-refractivity contribution in [2.24, 2.45) is 0 Å². The van der Waals surface area contributed by atoms with E-state index in [9.17, 15) is 4.79 Å². The largest absolute Gasteiger partial charge is 0.382 e. The standard InChI is InChI=1S/C18H26N2O2/c21-14-16-5-4-15(13-20-8-2-1-3-9-20)12-18(16)19-17-6-10-22-11-7-17/h4-5,12,14,17,19H,1-3,6-11,13H2. The fourth-order valence-corrected chi connectivity index (χ4v) is 3.37. The third-order valence-electron chi connectivity index (χ3n) is 4.68. The highest BCUT2D eigenvalue weighted by Gasteiger charge is 2.16. The van der Waals surface area contributed by atoms with Crippen molar-refractivity contribution in [2.75, 3.05) is 31.6 Å². The number of likely N-dealkylation sites (tertiary alicyclic amines) is 1. The maximum Gasteiger partial charge on any atom is 0.152 e. The molecule has 0 radical (unpaired) electrons. The van der Waals surface area contributed by atoms with Crippen LogP contribution < -0.4 is 5.32 Å². The van der Waals surface area contributed by atoms with E-state index in [0.717, 1.165) is 50.1 Å². The minimum atomic E-state index is 0.415. The van der Waals surface area contributed by atoms with Gasteiger partial charge in [0, 0.05) is 37.1 Å². The van der Waals surface area contributed by atoms with Crippen LogP contribution in [0.15, 0.2) is 18.2 Å². The monoisotopic (exact) mass is 302 g/mol. The number of benzene rings is 1. The molecular formula is C18H26N2O2. The van der Waals surface area contributed by atoms with Crippen molar-refractivity contribution in [1.82, 2.24) is 4.90 Å². The molecular weight excluding hydrogens is 276 g/mol. The van der Waals surface area contributed by atoms with Crippen LogP contribution in [0, 0.1) is 0 Å². The molecule has 0 bridgehead atoms. The highest BCUT2D eigenvalue weighted by molar-refractivity contribution is 5.84. The van der Waals surface area contributed by atoms with E-state index in [0.29, 0.717) is 6.04 Å². The van der Waals surface area contributed by atoms with Crippen LogP contribution in [-0.4, -0.2) is 43.5 Å². The lowest BCUT2D eigenvalue weighted by Crippen LogP contribution is -2.29. The van der Waals surface area contributed by atoms with Crippen molar-refractivity contribution in [3.05, 3.63) is 29.3 Å². The van der Waals surface area contributed by atoms with E-state index in [1.165, 1.54) is 37.9 Å². The summed E-state index contributed by atoms with van der Waals surface area (Å²) < 4.78 is 5.40. The molecule has 2 aliphatic heterocycles. The molecule has 0 atom stereocenters. The summed E-state index contributed by atoms with van der Waals surface area (Å²) in [6.07, 6.45) is 6.94. The molecule has 0 aromatic heterocycles. The zero-order valence-corrected chi connectivity index (χ0v) is 13.2. The average Bonchev–Trinajstić information content (AvgIpc) is 2.57. The average molecular weight is 302 g/mol. The molecule has 2 saturated heterocycles. The smallest absolute Gasteiger partial charge is 0.152 e. The van der Waals surface area contributed by atoms with Gasteiger partial charge in [-0.25, -0.2) is 0 Å². The van der Waals surface area contributed by atoms with Crippen LogP contribution >= 0.6 is 0 Å². The van der Waals surface area contributed by atoms with Crippen LogP contribution in [0.25, 0.3) is 0 Å². The van der Waals surface area contributed by atoms with Gasteiger partial charge in [0.15, 0.2) is 6.29 Å². The number of carbonyl (C=O) groups excluding carboxylic acids is 1. The topological polar surface area (TPSA) is 41.6 Å². The Labute approximate surface area is 132 Å². The predicted molar refractivity (Wildman–Crippen MR) is 88.4 cm³/mol. The number of nitrogens with one attached hydrogen (secondary N) is 1. The van der Waals surface area contributed by atoms with E-state index in [4.69, 9.17) is 4.74 Å². The molecule has 2 aliphatic rings. The first-order valence-corrected chi connectivity index (χ1v) is 8.50. The Hall–Kier alpha value is -1.39. The molecule has 3 rings (SSSR count). The number of aldehydes is 1. The van der Waals surface area contributed by atoms with Gasteiger partial charge in [-0.2, -0.15) is 0 Å². The summed E-state index contributed by atoms with van der Waals surface area (Å²) in [6, 6.07) is 6.62. The van der Waals surface area contributed by atoms with Crippen molar-refractivity contribution < 1.29 is 9.53 Å². The summed E-state index contributed by atoms with van der Waals surface area (Å²) in [7, 11) is 0. The molecule has 0 saturated carbocycles. The Bertz CT molecular complexity index is 492. The molecule has 4 heteroatoms. The maximum atomic E-state index is 11.3. The van der Waals surface area contributed by atoms with Gasteiger partial charge in [0.05, 0.1) is 0 Å². The number of rotatable bonds is 5. The SMILES string of the molecule is O=Cc1ccc(CN2CCCCC2)cc1NC1CCOCC1. The fourth-order valence-electron chi connectivity index (χ4n) is 3.37. The molecule has 2 fully saturated rings. The van der Waals surface area contributed by atoms with Crippen molar-refractivity contribution in [1.29, 1.82) is 0 Å². The van der Waals surface area contributed by atoms with Crippen LogP contribution in [-0.2, 0) is 11.3 Å². The second kappa shape index (κ2) is 7.75. The Kier molecular flexibility index (Phi) is 5.46. The van der Waals surface area contributed by atoms with Crippen LogP contribution in [0.4, 0.5) is 5.69 Å². The summed E-state index contributed by atoms with van der Waals surface area (Å²) in [6.45, 7) is 4.99. The van der Waals surface area contributed by atoms with E-state index < -0.39 is 0 Å². The molecule has 0 unspecified atom stereocenters. The van der Waals surface area contributed by atoms with Crippen molar-refractivity contribution in [3.63, 3.8) is 0 Å². The van der Waals surface area contributed by atoms with E-state index in [1.807, 2.05) is 6.07 Å². The molecule has 0 spiro atoms. The molecule has 4 nitrogen and oxygen atoms in total. The minimum Gasteiger partial charge on any atom is -0.382 e. The first kappa shape index (κ1) is 15.5. The summed E-state index contributed by atoms with van der Waals surface area (Å²) in [5.74, 6) is 0. The lowest BCUT2D eigenvalue weighted by Gasteiger charge is -2.27. The fraction of sp³-hybridized carbons (Fsp3) is 0.611. The second-order valence-electron chi connectivity index (χ2n) is 6.41. The van der Waals surface area contributed by atoms with Gasteiger partial charge >= 0.3 is 0 Å². The van der Waals surface area contributed by atoms with Crippen LogP contribution in [0.3, 0.4) is 0 Å². The predicted octanol–water partition coefficient (Wildman–Crippen LogP) is 3.08. The number of piperidine rings is 1. The lowest BCUT2D eigenvalue weighted by atomic mass is 10.0. The van der Waals surface area contributed by atoms with E-state index in [1.54, 1.807) is 0 Å². The van der Waals surface area contributed by atoms with Gasteiger partial charge in [-0.1, -0.05) is 12.5 Å². The maximum absolute atomic E-state index is 11.3. The summed E-state index contributed by atoms with van der Waals surface area (Å²) in [5.41, 5.74) is 3.03. The molecule has 1 aromatic rings. The number of anilines is 1. The number of hydrogen-bond acceptors (Lipinski definition) is 4. The van der Waals surface area contributed by atoms with E-state index in [-0.39, 0.29) is 0 Å². The molecule has 0 aliphatic carbocycles. The highest BCUT2D eigenvalue weighted by atomic mass is 16.5. The highest BCUT2D eigenvalue weighted by Crippen LogP contribution is 2.22. The second-order valence-corrected chi connectivity index (χ2v) is 6.41. The number of nitrogens with zero attached hydrogens (tertiary/aromatic N) is 1. The van der Waals surface area contributed by atoms with Crippen molar-refractivity contribution >= 4 is 12.0 Å². The van der Waals surface area contributed by atoms with Gasteiger partial charge in [0.2, 0.25) is 0 Å². The van der Waals surface area contributed by atoms with Crippen molar-refractivity contribution in [2.45, 2.75) is 44.7 Å². The molecule has 1 aromatic carbocycles. The van der Waals surface area contributed by atoms with Crippen molar-refractivity contribution in [3.8, 4) is 0 Å². The first-order valence-electron chi connectivity index (χ1n) is 8.50. The Morgan fingerprint density at radius 3 is 2.68 bits per heavy atom. The molecule has 1 N–H and O–H groups in total. The van der Waals surface area contributed by atoms with Gasteiger partial charge in [-0.15, -0.1) is 0 Å². The van der Waals surface area contributed by atoms with Gasteiger partial charge in [-0.3, -0.25) is 9.69 Å². The lowest BCUT2D eigenvalue weighted by molar-refractivity contribution is 0.0904. The molecule has 120 valence electrons. The first-order chi connectivity index (χ1) is 10.8. The Balaban J connectivity index is 1.69. The third kappa shape index (κ3) is 4.08. The van der Waals surface area contributed by atoms with Gasteiger partial charge < -0.3 is 10.1 Å². The van der Waals surface area contributed by atoms with E-state index >= 15 is 0 Å². The third-order valence-corrected chi connectivity index (χ3v) is 4.68. The van der Waals surface area contributed by atoms with Crippen LogP contribution in [0.2, 0.25) is 0 Å².